The Bertz CT molecular complexity index is 232. The molecule has 0 fully saturated rings. The van der Waals surface area contributed by atoms with Crippen molar-refractivity contribution in [2.75, 3.05) is 6.61 Å². The molecule has 1 atom stereocenters. The van der Waals surface area contributed by atoms with Crippen molar-refractivity contribution < 1.29 is 4.43 Å². The molecule has 0 saturated heterocycles. The Morgan fingerprint density at radius 2 is 1.81 bits per heavy atom. The molecule has 2 heteroatoms. The molecule has 0 aliphatic carbocycles. The average molecular weight is 240 g/mol. The molecule has 0 N–H and O–H groups in total. The van der Waals surface area contributed by atoms with Crippen molar-refractivity contribution in [1.29, 1.82) is 0 Å². The highest BCUT2D eigenvalue weighted by molar-refractivity contribution is 6.74. The topological polar surface area (TPSA) is 9.23 Å². The minimum atomic E-state index is -1.54. The lowest BCUT2D eigenvalue weighted by Gasteiger charge is -2.36. The van der Waals surface area contributed by atoms with Gasteiger partial charge in [0.2, 0.25) is 0 Å². The predicted octanol–water partition coefficient (Wildman–Crippen LogP) is 4.45. The van der Waals surface area contributed by atoms with Crippen molar-refractivity contribution >= 4 is 8.32 Å². The Hall–Kier alpha value is -0.263. The fourth-order valence-corrected chi connectivity index (χ4v) is 2.27. The van der Waals surface area contributed by atoms with Crippen LogP contribution in [0.1, 0.15) is 47.0 Å². The van der Waals surface area contributed by atoms with Gasteiger partial charge in [-0.1, -0.05) is 27.7 Å². The molecular weight excluding hydrogens is 212 g/mol. The summed E-state index contributed by atoms with van der Waals surface area (Å²) in [6.45, 7) is 14.6. The molecule has 0 bridgehead atoms. The molecule has 0 aromatic heterocycles. The summed E-state index contributed by atoms with van der Waals surface area (Å²) in [6, 6.07) is 0. The van der Waals surface area contributed by atoms with Crippen molar-refractivity contribution in [3.05, 3.63) is 0 Å². The fourth-order valence-electron chi connectivity index (χ4n) is 1.21. The number of terminal acetylenes is 1. The second kappa shape index (κ2) is 6.47. The fraction of sp³-hybridized carbons (Fsp3) is 0.857. The molecule has 0 rings (SSSR count). The summed E-state index contributed by atoms with van der Waals surface area (Å²) in [7, 11) is -1.54. The van der Waals surface area contributed by atoms with Crippen LogP contribution in [0.3, 0.4) is 0 Å². The summed E-state index contributed by atoms with van der Waals surface area (Å²) in [5, 5.41) is 0.315. The Labute approximate surface area is 103 Å². The van der Waals surface area contributed by atoms with E-state index in [9.17, 15) is 0 Å². The van der Waals surface area contributed by atoms with Crippen molar-refractivity contribution in [2.24, 2.45) is 5.92 Å². The lowest BCUT2D eigenvalue weighted by atomic mass is 10.0. The van der Waals surface area contributed by atoms with Crippen LogP contribution in [0.25, 0.3) is 0 Å². The molecular formula is C14H28OSi. The number of hydrogen-bond donors (Lipinski definition) is 0. The molecule has 0 aliphatic heterocycles. The minimum absolute atomic E-state index is 0.315. The van der Waals surface area contributed by atoms with E-state index in [2.05, 4.69) is 46.7 Å². The Morgan fingerprint density at radius 1 is 1.25 bits per heavy atom. The van der Waals surface area contributed by atoms with Crippen LogP contribution < -0.4 is 0 Å². The quantitative estimate of drug-likeness (QED) is 0.492. The number of hydrogen-bond acceptors (Lipinski definition) is 1. The van der Waals surface area contributed by atoms with Gasteiger partial charge < -0.3 is 4.43 Å². The monoisotopic (exact) mass is 240 g/mol. The van der Waals surface area contributed by atoms with Gasteiger partial charge in [-0.15, -0.1) is 12.3 Å². The van der Waals surface area contributed by atoms with Gasteiger partial charge in [-0.25, -0.2) is 0 Å². The van der Waals surface area contributed by atoms with E-state index < -0.39 is 8.32 Å². The first-order valence-corrected chi connectivity index (χ1v) is 9.19. The molecule has 0 aliphatic rings. The summed E-state index contributed by atoms with van der Waals surface area (Å²) in [5.41, 5.74) is 0. The average Bonchev–Trinajstić information content (AvgIpc) is 2.12. The maximum Gasteiger partial charge on any atom is 0.191 e. The molecule has 94 valence electrons. The summed E-state index contributed by atoms with van der Waals surface area (Å²) in [5.74, 6) is 3.38. The highest BCUT2D eigenvalue weighted by Crippen LogP contribution is 2.36. The first kappa shape index (κ1) is 15.7. The molecule has 0 radical (unpaired) electrons. The maximum absolute atomic E-state index is 6.13. The van der Waals surface area contributed by atoms with Gasteiger partial charge in [0.25, 0.3) is 0 Å². The van der Waals surface area contributed by atoms with Crippen molar-refractivity contribution in [1.82, 2.24) is 0 Å². The Balaban J connectivity index is 3.86. The van der Waals surface area contributed by atoms with E-state index in [0.29, 0.717) is 11.0 Å². The van der Waals surface area contributed by atoms with Crippen LogP contribution in [0, 0.1) is 18.3 Å². The molecule has 1 nitrogen and oxygen atoms in total. The van der Waals surface area contributed by atoms with Gasteiger partial charge >= 0.3 is 0 Å². The standard InChI is InChI=1S/C14H28OSi/c1-8-9-10-13(2)11-12-15-16(6,7)14(3,4)5/h1,13H,9-12H2,2-7H3/t13-/m0/s1. The smallest absolute Gasteiger partial charge is 0.191 e. The Morgan fingerprint density at radius 3 is 2.25 bits per heavy atom. The van der Waals surface area contributed by atoms with Crippen LogP contribution in [0.2, 0.25) is 18.1 Å². The SMILES string of the molecule is C#CCC[C@H](C)CCO[Si](C)(C)C(C)(C)C. The van der Waals surface area contributed by atoms with Gasteiger partial charge in [0.1, 0.15) is 0 Å². The lowest BCUT2D eigenvalue weighted by molar-refractivity contribution is 0.257. The molecule has 0 unspecified atom stereocenters. The van der Waals surface area contributed by atoms with Gasteiger partial charge in [0.05, 0.1) is 0 Å². The van der Waals surface area contributed by atoms with Gasteiger partial charge in [-0.3, -0.25) is 0 Å². The van der Waals surface area contributed by atoms with Crippen LogP contribution in [0.15, 0.2) is 0 Å². The third kappa shape index (κ3) is 5.72. The summed E-state index contributed by atoms with van der Waals surface area (Å²) in [6.07, 6.45) is 8.40. The zero-order valence-electron chi connectivity index (χ0n) is 11.9. The van der Waals surface area contributed by atoms with E-state index in [0.717, 1.165) is 25.9 Å². The Kier molecular flexibility index (Phi) is 6.36. The summed E-state index contributed by atoms with van der Waals surface area (Å²) < 4.78 is 6.13. The van der Waals surface area contributed by atoms with E-state index in [-0.39, 0.29) is 0 Å². The zero-order valence-corrected chi connectivity index (χ0v) is 12.9. The van der Waals surface area contributed by atoms with Crippen molar-refractivity contribution in [3.8, 4) is 12.3 Å². The van der Waals surface area contributed by atoms with Gasteiger partial charge in [0.15, 0.2) is 8.32 Å². The van der Waals surface area contributed by atoms with Crippen LogP contribution in [-0.2, 0) is 4.43 Å². The molecule has 16 heavy (non-hydrogen) atoms. The van der Waals surface area contributed by atoms with Gasteiger partial charge in [-0.05, 0) is 36.9 Å². The van der Waals surface area contributed by atoms with E-state index in [1.807, 2.05) is 0 Å². The molecule has 0 heterocycles. The van der Waals surface area contributed by atoms with E-state index in [1.165, 1.54) is 0 Å². The predicted molar refractivity (Wildman–Crippen MR) is 75.0 cm³/mol. The second-order valence-electron chi connectivity index (χ2n) is 6.25. The summed E-state index contributed by atoms with van der Waals surface area (Å²) in [4.78, 5) is 0. The van der Waals surface area contributed by atoms with Crippen molar-refractivity contribution in [3.63, 3.8) is 0 Å². The van der Waals surface area contributed by atoms with Crippen molar-refractivity contribution in [2.45, 2.75) is 65.1 Å². The lowest BCUT2D eigenvalue weighted by Crippen LogP contribution is -2.41. The van der Waals surface area contributed by atoms with Gasteiger partial charge in [0, 0.05) is 13.0 Å². The molecule has 0 spiro atoms. The first-order valence-electron chi connectivity index (χ1n) is 6.28. The minimum Gasteiger partial charge on any atom is -0.417 e. The largest absolute Gasteiger partial charge is 0.417 e. The van der Waals surface area contributed by atoms with Crippen LogP contribution in [0.5, 0.6) is 0 Å². The molecule has 0 saturated carbocycles. The van der Waals surface area contributed by atoms with E-state index >= 15 is 0 Å². The third-order valence-electron chi connectivity index (χ3n) is 3.66. The van der Waals surface area contributed by atoms with E-state index in [1.54, 1.807) is 0 Å². The zero-order chi connectivity index (χ0) is 12.8. The first-order chi connectivity index (χ1) is 7.20. The summed E-state index contributed by atoms with van der Waals surface area (Å²) >= 11 is 0. The van der Waals surface area contributed by atoms with Crippen LogP contribution in [-0.4, -0.2) is 14.9 Å². The molecule has 0 aromatic carbocycles. The number of rotatable bonds is 6. The van der Waals surface area contributed by atoms with E-state index in [4.69, 9.17) is 10.8 Å². The third-order valence-corrected chi connectivity index (χ3v) is 8.20. The van der Waals surface area contributed by atoms with Crippen LogP contribution in [0.4, 0.5) is 0 Å². The second-order valence-corrected chi connectivity index (χ2v) is 11.1. The molecule has 0 amide bonds. The normalized spacial score (nSPS) is 14.6. The maximum atomic E-state index is 6.13. The molecule has 0 aromatic rings. The highest BCUT2D eigenvalue weighted by Gasteiger charge is 2.36. The highest BCUT2D eigenvalue weighted by atomic mass is 28.4. The van der Waals surface area contributed by atoms with Crippen LogP contribution >= 0.6 is 0 Å². The van der Waals surface area contributed by atoms with Gasteiger partial charge in [-0.2, -0.15) is 0 Å².